The predicted molar refractivity (Wildman–Crippen MR) is 99.1 cm³/mol. The predicted octanol–water partition coefficient (Wildman–Crippen LogP) is 4.89. The Balaban J connectivity index is 1.72. The van der Waals surface area contributed by atoms with Crippen LogP contribution in [0.5, 0.6) is 5.75 Å². The average Bonchev–Trinajstić information content (AvgIpc) is 2.58. The fourth-order valence-electron chi connectivity index (χ4n) is 2.37. The second-order valence-corrected chi connectivity index (χ2v) is 6.47. The largest absolute Gasteiger partial charge is 0.494 e. The van der Waals surface area contributed by atoms with Crippen molar-refractivity contribution < 1.29 is 9.53 Å². The van der Waals surface area contributed by atoms with E-state index in [-0.39, 0.29) is 5.91 Å². The molecule has 24 heavy (non-hydrogen) atoms. The number of amides is 1. The average molecular weight is 346 g/mol. The summed E-state index contributed by atoms with van der Waals surface area (Å²) in [6, 6.07) is 13.2. The van der Waals surface area contributed by atoms with Crippen molar-refractivity contribution in [2.45, 2.75) is 26.7 Å². The van der Waals surface area contributed by atoms with Crippen molar-refractivity contribution in [1.29, 1.82) is 0 Å². The van der Waals surface area contributed by atoms with E-state index >= 15 is 0 Å². The SMILES string of the molecule is Cc1ccc(C(=O)N(C)CCCCOc2ccc(Cl)cc2)cc1C. The summed E-state index contributed by atoms with van der Waals surface area (Å²) < 4.78 is 5.65. The summed E-state index contributed by atoms with van der Waals surface area (Å²) in [5.74, 6) is 0.885. The molecule has 2 rings (SSSR count). The lowest BCUT2D eigenvalue weighted by atomic mass is 10.1. The molecule has 2 aromatic carbocycles. The van der Waals surface area contributed by atoms with Gasteiger partial charge in [0.2, 0.25) is 0 Å². The number of aryl methyl sites for hydroxylation is 2. The number of carbonyl (C=O) groups is 1. The third-order valence-corrected chi connectivity index (χ3v) is 4.32. The van der Waals surface area contributed by atoms with Crippen LogP contribution in [0, 0.1) is 13.8 Å². The molecule has 0 aliphatic heterocycles. The highest BCUT2D eigenvalue weighted by atomic mass is 35.5. The van der Waals surface area contributed by atoms with Crippen LogP contribution in [0.1, 0.15) is 34.3 Å². The molecule has 0 N–H and O–H groups in total. The molecule has 0 spiro atoms. The summed E-state index contributed by atoms with van der Waals surface area (Å²) in [6.07, 6.45) is 1.80. The second-order valence-electron chi connectivity index (χ2n) is 6.04. The Morgan fingerprint density at radius 3 is 2.42 bits per heavy atom. The number of hydrogen-bond acceptors (Lipinski definition) is 2. The van der Waals surface area contributed by atoms with E-state index in [4.69, 9.17) is 16.3 Å². The van der Waals surface area contributed by atoms with Crippen LogP contribution in [0.2, 0.25) is 5.02 Å². The fraction of sp³-hybridized carbons (Fsp3) is 0.350. The minimum absolute atomic E-state index is 0.0664. The Kier molecular flexibility index (Phi) is 6.68. The number of halogens is 1. The van der Waals surface area contributed by atoms with Crippen LogP contribution in [0.25, 0.3) is 0 Å². The van der Waals surface area contributed by atoms with Gasteiger partial charge in [-0.1, -0.05) is 17.7 Å². The summed E-state index contributed by atoms with van der Waals surface area (Å²) in [5.41, 5.74) is 3.09. The van der Waals surface area contributed by atoms with Gasteiger partial charge in [0.1, 0.15) is 5.75 Å². The van der Waals surface area contributed by atoms with Gasteiger partial charge in [0.25, 0.3) is 5.91 Å². The molecule has 1 amide bonds. The lowest BCUT2D eigenvalue weighted by molar-refractivity contribution is 0.0791. The summed E-state index contributed by atoms with van der Waals surface area (Å²) >= 11 is 5.84. The maximum absolute atomic E-state index is 12.4. The number of rotatable bonds is 7. The van der Waals surface area contributed by atoms with Crippen LogP contribution in [-0.4, -0.2) is 31.0 Å². The first-order valence-corrected chi connectivity index (χ1v) is 8.56. The smallest absolute Gasteiger partial charge is 0.253 e. The van der Waals surface area contributed by atoms with Gasteiger partial charge in [-0.2, -0.15) is 0 Å². The zero-order valence-corrected chi connectivity index (χ0v) is 15.3. The van der Waals surface area contributed by atoms with E-state index in [0.29, 0.717) is 11.6 Å². The highest BCUT2D eigenvalue weighted by molar-refractivity contribution is 6.30. The van der Waals surface area contributed by atoms with Crippen molar-refractivity contribution in [2.24, 2.45) is 0 Å². The van der Waals surface area contributed by atoms with Crippen LogP contribution < -0.4 is 4.74 Å². The normalized spacial score (nSPS) is 10.5. The topological polar surface area (TPSA) is 29.5 Å². The van der Waals surface area contributed by atoms with Gasteiger partial charge < -0.3 is 9.64 Å². The summed E-state index contributed by atoms with van der Waals surface area (Å²) in [4.78, 5) is 14.2. The van der Waals surface area contributed by atoms with Crippen molar-refractivity contribution in [1.82, 2.24) is 4.90 Å². The summed E-state index contributed by atoms with van der Waals surface area (Å²) in [6.45, 7) is 5.43. The van der Waals surface area contributed by atoms with Crippen molar-refractivity contribution in [2.75, 3.05) is 20.2 Å². The molecule has 0 saturated carbocycles. The molecule has 0 aliphatic rings. The molecule has 0 heterocycles. The molecular formula is C20H24ClNO2. The van der Waals surface area contributed by atoms with Crippen molar-refractivity contribution in [3.8, 4) is 5.75 Å². The van der Waals surface area contributed by atoms with E-state index in [1.165, 1.54) is 5.56 Å². The Bertz CT molecular complexity index is 683. The first-order chi connectivity index (χ1) is 11.5. The quantitative estimate of drug-likeness (QED) is 0.669. The van der Waals surface area contributed by atoms with Gasteiger partial charge in [-0.15, -0.1) is 0 Å². The number of carbonyl (C=O) groups excluding carboxylic acids is 1. The highest BCUT2D eigenvalue weighted by Crippen LogP contribution is 2.16. The van der Waals surface area contributed by atoms with Gasteiger partial charge in [-0.05, 0) is 74.2 Å². The van der Waals surface area contributed by atoms with Gasteiger partial charge in [0.15, 0.2) is 0 Å². The molecule has 0 bridgehead atoms. The van der Waals surface area contributed by atoms with E-state index in [0.717, 1.165) is 36.3 Å². The van der Waals surface area contributed by atoms with Crippen LogP contribution in [0.3, 0.4) is 0 Å². The standard InChI is InChI=1S/C20H24ClNO2/c1-15-6-7-17(14-16(15)2)20(23)22(3)12-4-5-13-24-19-10-8-18(21)9-11-19/h6-11,14H,4-5,12-13H2,1-3H3. The molecule has 3 nitrogen and oxygen atoms in total. The molecule has 0 fully saturated rings. The Morgan fingerprint density at radius 2 is 1.75 bits per heavy atom. The van der Waals surface area contributed by atoms with E-state index < -0.39 is 0 Å². The molecule has 0 saturated heterocycles. The monoisotopic (exact) mass is 345 g/mol. The lowest BCUT2D eigenvalue weighted by Crippen LogP contribution is -2.28. The van der Waals surface area contributed by atoms with Gasteiger partial charge in [0.05, 0.1) is 6.61 Å². The highest BCUT2D eigenvalue weighted by Gasteiger charge is 2.11. The molecule has 2 aromatic rings. The molecule has 0 unspecified atom stereocenters. The lowest BCUT2D eigenvalue weighted by Gasteiger charge is -2.18. The molecule has 0 aliphatic carbocycles. The summed E-state index contributed by atoms with van der Waals surface area (Å²) in [5, 5.41) is 0.703. The molecule has 4 heteroatoms. The molecule has 128 valence electrons. The molecular weight excluding hydrogens is 322 g/mol. The van der Waals surface area contributed by atoms with Crippen molar-refractivity contribution >= 4 is 17.5 Å². The zero-order valence-electron chi connectivity index (χ0n) is 14.5. The first-order valence-electron chi connectivity index (χ1n) is 8.18. The van der Waals surface area contributed by atoms with E-state index in [1.54, 1.807) is 4.90 Å². The fourth-order valence-corrected chi connectivity index (χ4v) is 2.49. The third kappa shape index (κ3) is 5.27. The van der Waals surface area contributed by atoms with Crippen LogP contribution in [-0.2, 0) is 0 Å². The van der Waals surface area contributed by atoms with Gasteiger partial charge >= 0.3 is 0 Å². The van der Waals surface area contributed by atoms with Crippen LogP contribution >= 0.6 is 11.6 Å². The van der Waals surface area contributed by atoms with Crippen molar-refractivity contribution in [3.63, 3.8) is 0 Å². The Hall–Kier alpha value is -2.00. The van der Waals surface area contributed by atoms with Crippen molar-refractivity contribution in [3.05, 3.63) is 64.2 Å². The third-order valence-electron chi connectivity index (χ3n) is 4.07. The van der Waals surface area contributed by atoms with E-state index in [2.05, 4.69) is 0 Å². The molecule has 0 aromatic heterocycles. The maximum atomic E-state index is 12.4. The van der Waals surface area contributed by atoms with Gasteiger partial charge in [-0.3, -0.25) is 4.79 Å². The maximum Gasteiger partial charge on any atom is 0.253 e. The van der Waals surface area contributed by atoms with Gasteiger partial charge in [-0.25, -0.2) is 0 Å². The van der Waals surface area contributed by atoms with Crippen LogP contribution in [0.15, 0.2) is 42.5 Å². The Labute approximate surface area is 149 Å². The minimum Gasteiger partial charge on any atom is -0.494 e. The first kappa shape index (κ1) is 18.3. The number of ether oxygens (including phenoxy) is 1. The molecule has 0 atom stereocenters. The second kappa shape index (κ2) is 8.74. The van der Waals surface area contributed by atoms with E-state index in [1.807, 2.05) is 63.4 Å². The number of benzene rings is 2. The number of hydrogen-bond donors (Lipinski definition) is 0. The number of nitrogens with zero attached hydrogens (tertiary/aromatic N) is 1. The summed E-state index contributed by atoms with van der Waals surface area (Å²) in [7, 11) is 1.84. The Morgan fingerprint density at radius 1 is 1.04 bits per heavy atom. The zero-order chi connectivity index (χ0) is 17.5. The molecule has 0 radical (unpaired) electrons. The van der Waals surface area contributed by atoms with E-state index in [9.17, 15) is 4.79 Å². The number of unbranched alkanes of at least 4 members (excludes halogenated alkanes) is 1. The van der Waals surface area contributed by atoms with Crippen LogP contribution in [0.4, 0.5) is 0 Å². The minimum atomic E-state index is 0.0664. The van der Waals surface area contributed by atoms with Gasteiger partial charge in [0, 0.05) is 24.2 Å².